The largest absolute Gasteiger partial charge is 0.416 e. The Bertz CT molecular complexity index is 2480. The van der Waals surface area contributed by atoms with E-state index in [1.54, 1.807) is 12.1 Å². The van der Waals surface area contributed by atoms with Gasteiger partial charge >= 0.3 is 6.18 Å². The number of fused-ring (bicyclic) bond motifs is 2. The first-order chi connectivity index (χ1) is 29.9. The lowest BCUT2D eigenvalue weighted by molar-refractivity contribution is -0.138. The number of likely N-dealkylation sites (N-methyl/N-ethyl adjacent to an activating group) is 1. The average molecular weight is 846 g/mol. The monoisotopic (exact) mass is 845 g/mol. The van der Waals surface area contributed by atoms with E-state index >= 15 is 0 Å². The average Bonchev–Trinajstić information content (AvgIpc) is 3.71. The summed E-state index contributed by atoms with van der Waals surface area (Å²) >= 11 is 0. The number of para-hydroxylation sites is 1. The van der Waals surface area contributed by atoms with Crippen molar-refractivity contribution in [1.29, 1.82) is 0 Å². The molecule has 5 aromatic carbocycles. The number of aromatic nitrogens is 1. The Hall–Kier alpha value is -6.51. The van der Waals surface area contributed by atoms with Crippen LogP contribution in [0.3, 0.4) is 0 Å². The van der Waals surface area contributed by atoms with Crippen molar-refractivity contribution in [3.63, 3.8) is 0 Å². The molecule has 0 saturated carbocycles. The number of alkyl halides is 3. The second-order valence-corrected chi connectivity index (χ2v) is 15.8. The molecule has 0 spiro atoms. The van der Waals surface area contributed by atoms with E-state index in [0.29, 0.717) is 24.0 Å². The van der Waals surface area contributed by atoms with Gasteiger partial charge in [0.25, 0.3) is 5.91 Å². The van der Waals surface area contributed by atoms with Crippen LogP contribution < -0.4 is 16.0 Å². The van der Waals surface area contributed by atoms with Crippen molar-refractivity contribution >= 4 is 45.3 Å². The Labute approximate surface area is 358 Å². The Balaban J connectivity index is 1.05. The summed E-state index contributed by atoms with van der Waals surface area (Å²) in [5.41, 5.74) is 2.65. The van der Waals surface area contributed by atoms with Crippen LogP contribution in [0.5, 0.6) is 0 Å². The summed E-state index contributed by atoms with van der Waals surface area (Å²) in [6, 6.07) is 32.9. The standard InChI is InChI=1S/C48H50F3N7O4/c1-56(31-34-16-19-38(20-17-34)48(49,50)51)47(62)43(28-35-15-18-36-11-5-6-12-37(36)27-35)55-46(61)42(54-45(60)40-30-53-41-14-8-7-13-39(40)41)29-44(59)52-21-22-57-23-25-58(26-24-57)32-33-9-3-2-4-10-33/h2-20,27,30,42-43,53H,21-26,28-29,31-32H2,1H3,(H,52,59)(H,54,60)(H,55,61)/t42-,43-/m0/s1. The zero-order valence-corrected chi connectivity index (χ0v) is 34.5. The van der Waals surface area contributed by atoms with E-state index in [9.17, 15) is 32.3 Å². The molecule has 6 aromatic rings. The molecule has 322 valence electrons. The predicted octanol–water partition coefficient (Wildman–Crippen LogP) is 6.15. The molecular weight excluding hydrogens is 796 g/mol. The minimum absolute atomic E-state index is 0.0354. The number of halogens is 3. The van der Waals surface area contributed by atoms with E-state index < -0.39 is 53.9 Å². The van der Waals surface area contributed by atoms with Crippen LogP contribution in [0.25, 0.3) is 21.7 Å². The first-order valence-electron chi connectivity index (χ1n) is 20.7. The van der Waals surface area contributed by atoms with Crippen molar-refractivity contribution in [2.75, 3.05) is 46.3 Å². The number of nitrogens with one attached hydrogen (secondary N) is 4. The molecule has 11 nitrogen and oxygen atoms in total. The van der Waals surface area contributed by atoms with E-state index in [-0.39, 0.29) is 18.5 Å². The molecule has 1 saturated heterocycles. The van der Waals surface area contributed by atoms with Crippen LogP contribution in [-0.4, -0.2) is 102 Å². The molecule has 2 heterocycles. The molecule has 1 fully saturated rings. The Morgan fingerprint density at radius 1 is 0.726 bits per heavy atom. The van der Waals surface area contributed by atoms with E-state index in [2.05, 4.69) is 42.9 Å². The molecule has 62 heavy (non-hydrogen) atoms. The lowest BCUT2D eigenvalue weighted by Gasteiger charge is -2.34. The molecule has 0 aliphatic carbocycles. The van der Waals surface area contributed by atoms with E-state index in [4.69, 9.17) is 0 Å². The van der Waals surface area contributed by atoms with Gasteiger partial charge in [0.1, 0.15) is 12.1 Å². The maximum atomic E-state index is 14.4. The summed E-state index contributed by atoms with van der Waals surface area (Å²) in [6.07, 6.45) is -3.31. The molecule has 1 aliphatic rings. The Kier molecular flexibility index (Phi) is 14.0. The number of rotatable bonds is 16. The number of H-pyrrole nitrogens is 1. The van der Waals surface area contributed by atoms with Gasteiger partial charge in [-0.1, -0.05) is 103 Å². The topological polar surface area (TPSA) is 130 Å². The molecule has 1 aromatic heterocycles. The van der Waals surface area contributed by atoms with Crippen LogP contribution in [-0.2, 0) is 40.1 Å². The number of amides is 4. The number of carbonyl (C=O) groups excluding carboxylic acids is 4. The van der Waals surface area contributed by atoms with Crippen molar-refractivity contribution in [2.24, 2.45) is 0 Å². The molecule has 7 rings (SSSR count). The van der Waals surface area contributed by atoms with E-state index in [0.717, 1.165) is 66.7 Å². The number of carbonyl (C=O) groups is 4. The summed E-state index contributed by atoms with van der Waals surface area (Å²) in [7, 11) is 1.51. The van der Waals surface area contributed by atoms with Gasteiger partial charge in [0.05, 0.1) is 17.5 Å². The minimum atomic E-state index is -4.51. The molecule has 2 atom stereocenters. The van der Waals surface area contributed by atoms with Crippen LogP contribution in [0.4, 0.5) is 13.2 Å². The highest BCUT2D eigenvalue weighted by Gasteiger charge is 2.32. The summed E-state index contributed by atoms with van der Waals surface area (Å²) in [5, 5.41) is 11.1. The fourth-order valence-corrected chi connectivity index (χ4v) is 7.82. The van der Waals surface area contributed by atoms with Gasteiger partial charge in [-0.05, 0) is 45.7 Å². The molecule has 0 unspecified atom stereocenters. The Morgan fingerprint density at radius 2 is 1.39 bits per heavy atom. The zero-order chi connectivity index (χ0) is 43.6. The van der Waals surface area contributed by atoms with Gasteiger partial charge < -0.3 is 25.8 Å². The second-order valence-electron chi connectivity index (χ2n) is 15.8. The number of hydrogen-bond acceptors (Lipinski definition) is 6. The van der Waals surface area contributed by atoms with E-state index in [1.807, 2.05) is 72.8 Å². The van der Waals surface area contributed by atoms with Crippen LogP contribution in [0.15, 0.2) is 128 Å². The van der Waals surface area contributed by atoms with Gasteiger partial charge in [-0.3, -0.25) is 29.0 Å². The fraction of sp³-hybridized carbons (Fsp3) is 0.292. The lowest BCUT2D eigenvalue weighted by Crippen LogP contribution is -2.55. The minimum Gasteiger partial charge on any atom is -0.360 e. The molecule has 14 heteroatoms. The predicted molar refractivity (Wildman–Crippen MR) is 233 cm³/mol. The molecule has 1 aliphatic heterocycles. The van der Waals surface area contributed by atoms with Gasteiger partial charge in [0.2, 0.25) is 17.7 Å². The third kappa shape index (κ3) is 11.4. The van der Waals surface area contributed by atoms with Crippen LogP contribution in [0.2, 0.25) is 0 Å². The summed E-state index contributed by atoms with van der Waals surface area (Å²) in [5.74, 6) is -2.30. The maximum Gasteiger partial charge on any atom is 0.416 e. The number of piperazine rings is 1. The molecule has 0 radical (unpaired) electrons. The first kappa shape index (κ1) is 43.6. The highest BCUT2D eigenvalue weighted by atomic mass is 19.4. The van der Waals surface area contributed by atoms with Crippen LogP contribution >= 0.6 is 0 Å². The quantitative estimate of drug-likeness (QED) is 0.0926. The SMILES string of the molecule is CN(Cc1ccc(C(F)(F)F)cc1)C(=O)[C@H](Cc1ccc2ccccc2c1)NC(=O)[C@H](CC(=O)NCCN1CCN(Cc2ccccc2)CC1)NC(=O)c1c[nH]c2ccccc12. The Morgan fingerprint density at radius 3 is 2.13 bits per heavy atom. The van der Waals surface area contributed by atoms with Gasteiger partial charge in [-0.2, -0.15) is 13.2 Å². The number of aromatic amines is 1. The van der Waals surface area contributed by atoms with Crippen molar-refractivity contribution in [3.05, 3.63) is 155 Å². The smallest absolute Gasteiger partial charge is 0.360 e. The zero-order valence-electron chi connectivity index (χ0n) is 34.5. The number of nitrogens with zero attached hydrogens (tertiary/aromatic N) is 3. The van der Waals surface area contributed by atoms with E-state index in [1.165, 1.54) is 35.8 Å². The number of hydrogen-bond donors (Lipinski definition) is 4. The van der Waals surface area contributed by atoms with Crippen LogP contribution in [0, 0.1) is 0 Å². The lowest BCUT2D eigenvalue weighted by atomic mass is 10.00. The maximum absolute atomic E-state index is 14.4. The van der Waals surface area contributed by atoms with Crippen LogP contribution in [0.1, 0.15) is 39.0 Å². The number of benzene rings is 5. The second kappa shape index (κ2) is 19.9. The van der Waals surface area contributed by atoms with Crippen molar-refractivity contribution in [3.8, 4) is 0 Å². The summed E-state index contributed by atoms with van der Waals surface area (Å²) in [4.78, 5) is 65.0. The summed E-state index contributed by atoms with van der Waals surface area (Å²) < 4.78 is 39.8. The molecule has 4 amide bonds. The van der Waals surface area contributed by atoms with Gasteiger partial charge in [0.15, 0.2) is 0 Å². The third-order valence-corrected chi connectivity index (χ3v) is 11.3. The fourth-order valence-electron chi connectivity index (χ4n) is 7.82. The summed E-state index contributed by atoms with van der Waals surface area (Å²) in [6.45, 7) is 5.25. The first-order valence-corrected chi connectivity index (χ1v) is 20.7. The molecular formula is C48H50F3N7O4. The van der Waals surface area contributed by atoms with Gasteiger partial charge in [-0.15, -0.1) is 0 Å². The normalized spacial score (nSPS) is 14.6. The molecule has 4 N–H and O–H groups in total. The van der Waals surface area contributed by atoms with Gasteiger partial charge in [0, 0.05) is 82.9 Å². The molecule has 0 bridgehead atoms. The van der Waals surface area contributed by atoms with Gasteiger partial charge in [-0.25, -0.2) is 0 Å². The highest BCUT2D eigenvalue weighted by Crippen LogP contribution is 2.29. The van der Waals surface area contributed by atoms with Crippen molar-refractivity contribution in [2.45, 2.75) is 44.2 Å². The van der Waals surface area contributed by atoms with Crippen molar-refractivity contribution < 1.29 is 32.3 Å². The third-order valence-electron chi connectivity index (χ3n) is 11.3. The highest BCUT2D eigenvalue weighted by molar-refractivity contribution is 6.08. The van der Waals surface area contributed by atoms with Crippen molar-refractivity contribution in [1.82, 2.24) is 35.6 Å².